The van der Waals surface area contributed by atoms with E-state index in [-0.39, 0.29) is 18.0 Å². The normalized spacial score (nSPS) is 28.5. The molecule has 9 heteroatoms. The molecule has 3 fully saturated rings. The Kier molecular flexibility index (Phi) is 5.65. The van der Waals surface area contributed by atoms with Gasteiger partial charge in [0.15, 0.2) is 0 Å². The van der Waals surface area contributed by atoms with Gasteiger partial charge in [-0.15, -0.1) is 0 Å². The van der Waals surface area contributed by atoms with Gasteiger partial charge in [-0.2, -0.15) is 5.10 Å². The molecule has 3 aliphatic carbocycles. The molecule has 5 rings (SSSR count). The standard InChI is InChI=1S/C21H29BrN6O2/c1-12-15-6-14(21(15,2)3)7-16(12)27-17-10-26-28(20(30)19(17)22)11-18(29)23-8-13-4-5-24-25-9-13/h4-5,9-10,12,14-16,24-25,27H,6-8,11H2,1-3H3,(H,23,29)/t12-,14-,15+,16-/m1/s1. The molecule has 3 saturated carbocycles. The molecule has 1 aromatic rings. The number of nitrogens with zero attached hydrogens (tertiary/aromatic N) is 2. The van der Waals surface area contributed by atoms with Gasteiger partial charge in [-0.3, -0.25) is 9.59 Å². The van der Waals surface area contributed by atoms with Gasteiger partial charge < -0.3 is 21.5 Å². The Balaban J connectivity index is 1.38. The van der Waals surface area contributed by atoms with Gasteiger partial charge in [-0.1, -0.05) is 20.8 Å². The van der Waals surface area contributed by atoms with Crippen LogP contribution in [-0.4, -0.2) is 28.3 Å². The summed E-state index contributed by atoms with van der Waals surface area (Å²) < 4.78 is 1.60. The first-order valence-corrected chi connectivity index (χ1v) is 11.2. The van der Waals surface area contributed by atoms with Crippen LogP contribution in [0.15, 0.2) is 39.5 Å². The number of hydrogen-bond acceptors (Lipinski definition) is 6. The van der Waals surface area contributed by atoms with Crippen molar-refractivity contribution in [1.82, 2.24) is 25.9 Å². The number of anilines is 1. The van der Waals surface area contributed by atoms with Gasteiger partial charge in [0.05, 0.1) is 11.9 Å². The lowest BCUT2D eigenvalue weighted by atomic mass is 9.45. The van der Waals surface area contributed by atoms with E-state index >= 15 is 0 Å². The number of hydrogen-bond donors (Lipinski definition) is 4. The Morgan fingerprint density at radius 2 is 2.17 bits per heavy atom. The van der Waals surface area contributed by atoms with Crippen LogP contribution < -0.4 is 27.0 Å². The van der Waals surface area contributed by atoms with Crippen LogP contribution in [0.3, 0.4) is 0 Å². The SMILES string of the molecule is C[C@H]1[C@H](Nc2cnn(CC(=O)NCC3=CNNC=C3)c(=O)c2Br)C[C@H]2C[C@@H]1C2(C)C. The second-order valence-corrected chi connectivity index (χ2v) is 9.95. The van der Waals surface area contributed by atoms with Crippen molar-refractivity contribution in [2.24, 2.45) is 23.2 Å². The zero-order valence-corrected chi connectivity index (χ0v) is 19.1. The summed E-state index contributed by atoms with van der Waals surface area (Å²) >= 11 is 3.42. The summed E-state index contributed by atoms with van der Waals surface area (Å²) in [4.78, 5) is 25.0. The van der Waals surface area contributed by atoms with Crippen LogP contribution in [-0.2, 0) is 11.3 Å². The topological polar surface area (TPSA) is 100 Å². The molecule has 0 aromatic carbocycles. The van der Waals surface area contributed by atoms with Gasteiger partial charge in [0.2, 0.25) is 5.91 Å². The molecular formula is C21H29BrN6O2. The molecular weight excluding hydrogens is 448 g/mol. The highest BCUT2D eigenvalue weighted by Crippen LogP contribution is 2.61. The lowest BCUT2D eigenvalue weighted by Crippen LogP contribution is -2.58. The molecule has 4 N–H and O–H groups in total. The fourth-order valence-electron chi connectivity index (χ4n) is 5.10. The highest BCUT2D eigenvalue weighted by atomic mass is 79.9. The van der Waals surface area contributed by atoms with Crippen molar-refractivity contribution in [2.75, 3.05) is 11.9 Å². The quantitative estimate of drug-likeness (QED) is 0.501. The van der Waals surface area contributed by atoms with Crippen LogP contribution in [0.25, 0.3) is 0 Å². The summed E-state index contributed by atoms with van der Waals surface area (Å²) in [5.74, 6) is 1.71. The molecule has 4 aliphatic rings. The summed E-state index contributed by atoms with van der Waals surface area (Å²) in [5.41, 5.74) is 7.39. The van der Waals surface area contributed by atoms with Crippen molar-refractivity contribution in [1.29, 1.82) is 0 Å². The largest absolute Gasteiger partial charge is 0.380 e. The minimum Gasteiger partial charge on any atom is -0.380 e. The number of halogens is 1. The van der Waals surface area contributed by atoms with Gasteiger partial charge >= 0.3 is 0 Å². The molecule has 162 valence electrons. The number of carbonyl (C=O) groups excluding carboxylic acids is 1. The number of carbonyl (C=O) groups is 1. The van der Waals surface area contributed by atoms with Crippen LogP contribution in [0.2, 0.25) is 0 Å². The molecule has 0 saturated heterocycles. The Bertz CT molecular complexity index is 953. The molecule has 0 unspecified atom stereocenters. The van der Waals surface area contributed by atoms with Crippen LogP contribution in [0.4, 0.5) is 5.69 Å². The second kappa shape index (κ2) is 8.09. The zero-order chi connectivity index (χ0) is 21.5. The van der Waals surface area contributed by atoms with E-state index in [1.807, 2.05) is 6.08 Å². The van der Waals surface area contributed by atoms with E-state index in [1.165, 1.54) is 11.1 Å². The number of hydrazine groups is 1. The Hall–Kier alpha value is -2.29. The van der Waals surface area contributed by atoms with Crippen molar-refractivity contribution in [3.05, 3.63) is 45.1 Å². The van der Waals surface area contributed by atoms with Crippen LogP contribution >= 0.6 is 15.9 Å². The summed E-state index contributed by atoms with van der Waals surface area (Å²) in [6, 6.07) is 0.332. The summed E-state index contributed by atoms with van der Waals surface area (Å²) in [6.45, 7) is 7.29. The fourth-order valence-corrected chi connectivity index (χ4v) is 5.52. The van der Waals surface area contributed by atoms with Crippen molar-refractivity contribution in [2.45, 2.75) is 46.2 Å². The number of nitrogens with one attached hydrogen (secondary N) is 4. The lowest BCUT2D eigenvalue weighted by Gasteiger charge is -2.62. The number of rotatable bonds is 6. The third-order valence-electron chi connectivity index (χ3n) is 7.18. The fraction of sp³-hybridized carbons (Fsp3) is 0.571. The van der Waals surface area contributed by atoms with Crippen molar-refractivity contribution < 1.29 is 4.79 Å². The van der Waals surface area contributed by atoms with E-state index in [2.05, 4.69) is 63.3 Å². The molecule has 2 heterocycles. The first kappa shape index (κ1) is 21.0. The number of fused-ring (bicyclic) bond motifs is 2. The van der Waals surface area contributed by atoms with E-state index in [0.717, 1.165) is 17.9 Å². The first-order valence-electron chi connectivity index (χ1n) is 10.4. The molecule has 0 radical (unpaired) electrons. The number of amides is 1. The summed E-state index contributed by atoms with van der Waals surface area (Å²) in [6.07, 6.45) is 9.42. The van der Waals surface area contributed by atoms with Gasteiger partial charge in [-0.25, -0.2) is 4.68 Å². The van der Waals surface area contributed by atoms with Crippen LogP contribution in [0, 0.1) is 23.2 Å². The van der Waals surface area contributed by atoms with E-state index in [1.54, 1.807) is 18.6 Å². The number of aromatic nitrogens is 2. The van der Waals surface area contributed by atoms with Crippen LogP contribution in [0.5, 0.6) is 0 Å². The molecule has 4 atom stereocenters. The highest BCUT2D eigenvalue weighted by molar-refractivity contribution is 9.10. The predicted molar refractivity (Wildman–Crippen MR) is 119 cm³/mol. The Morgan fingerprint density at radius 1 is 1.37 bits per heavy atom. The van der Waals surface area contributed by atoms with E-state index in [0.29, 0.717) is 40.0 Å². The average molecular weight is 477 g/mol. The molecule has 1 aromatic heterocycles. The van der Waals surface area contributed by atoms with Crippen LogP contribution in [0.1, 0.15) is 33.6 Å². The second-order valence-electron chi connectivity index (χ2n) is 9.16. The van der Waals surface area contributed by atoms with E-state index in [4.69, 9.17) is 0 Å². The van der Waals surface area contributed by atoms with Crippen molar-refractivity contribution >= 4 is 27.5 Å². The third kappa shape index (κ3) is 3.87. The maximum atomic E-state index is 12.7. The molecule has 2 bridgehead atoms. The highest BCUT2D eigenvalue weighted by Gasteiger charge is 2.56. The maximum Gasteiger partial charge on any atom is 0.283 e. The monoisotopic (exact) mass is 476 g/mol. The van der Waals surface area contributed by atoms with E-state index < -0.39 is 0 Å². The minimum atomic E-state index is -0.313. The third-order valence-corrected chi connectivity index (χ3v) is 7.95. The summed E-state index contributed by atoms with van der Waals surface area (Å²) in [7, 11) is 0. The smallest absolute Gasteiger partial charge is 0.283 e. The molecule has 0 spiro atoms. The molecule has 8 nitrogen and oxygen atoms in total. The van der Waals surface area contributed by atoms with Gasteiger partial charge in [-0.05, 0) is 63.6 Å². The Labute approximate surface area is 184 Å². The molecule has 1 aliphatic heterocycles. The Morgan fingerprint density at radius 3 is 2.83 bits per heavy atom. The maximum absolute atomic E-state index is 12.7. The first-order chi connectivity index (χ1) is 14.3. The average Bonchev–Trinajstić information content (AvgIpc) is 2.73. The predicted octanol–water partition coefficient (Wildman–Crippen LogP) is 2.11. The van der Waals surface area contributed by atoms with Crippen molar-refractivity contribution in [3.8, 4) is 0 Å². The van der Waals surface area contributed by atoms with Crippen molar-refractivity contribution in [3.63, 3.8) is 0 Å². The van der Waals surface area contributed by atoms with Gasteiger partial charge in [0.25, 0.3) is 5.56 Å². The lowest BCUT2D eigenvalue weighted by molar-refractivity contribution is -0.121. The summed E-state index contributed by atoms with van der Waals surface area (Å²) in [5, 5.41) is 10.6. The molecule has 1 amide bonds. The minimum absolute atomic E-state index is 0.126. The van der Waals surface area contributed by atoms with Gasteiger partial charge in [0, 0.05) is 25.0 Å². The molecule has 30 heavy (non-hydrogen) atoms. The zero-order valence-electron chi connectivity index (χ0n) is 17.5. The van der Waals surface area contributed by atoms with Gasteiger partial charge in [0.1, 0.15) is 11.0 Å². The van der Waals surface area contributed by atoms with E-state index in [9.17, 15) is 9.59 Å².